The molecule has 7 nitrogen and oxygen atoms in total. The standard InChI is InChI=1S/C21H18ClN3O4S2/c1-11-4-5-17(31-11)12-9-30-20-19(12)21(27)25(10-23-20)8-18(26)24-14-7-15(28-2)13(22)6-16(14)29-3/h4-7,9-10H,8H2,1-3H3,(H,24,26). The number of aromatic nitrogens is 2. The van der Waals surface area contributed by atoms with Crippen LogP contribution in [0.15, 0.2) is 40.8 Å². The molecule has 31 heavy (non-hydrogen) atoms. The molecule has 0 saturated heterocycles. The Kier molecular flexibility index (Phi) is 5.99. The van der Waals surface area contributed by atoms with Crippen LogP contribution in [0.25, 0.3) is 20.7 Å². The van der Waals surface area contributed by atoms with Crippen molar-refractivity contribution in [2.24, 2.45) is 0 Å². The molecule has 0 aliphatic rings. The first-order chi connectivity index (χ1) is 14.9. The first-order valence-electron chi connectivity index (χ1n) is 9.16. The molecule has 10 heteroatoms. The molecule has 0 radical (unpaired) electrons. The van der Waals surface area contributed by atoms with Crippen LogP contribution in [-0.4, -0.2) is 29.7 Å². The molecule has 0 spiro atoms. The lowest BCUT2D eigenvalue weighted by Gasteiger charge is -2.13. The molecule has 4 aromatic rings. The van der Waals surface area contributed by atoms with Crippen LogP contribution in [0.4, 0.5) is 5.69 Å². The largest absolute Gasteiger partial charge is 0.495 e. The van der Waals surface area contributed by atoms with E-state index in [4.69, 9.17) is 21.1 Å². The second-order valence-corrected chi connectivity index (χ2v) is 9.21. The number of anilines is 1. The lowest BCUT2D eigenvalue weighted by Crippen LogP contribution is -2.28. The van der Waals surface area contributed by atoms with Crippen molar-refractivity contribution in [3.63, 3.8) is 0 Å². The fourth-order valence-electron chi connectivity index (χ4n) is 3.14. The molecule has 0 atom stereocenters. The monoisotopic (exact) mass is 475 g/mol. The summed E-state index contributed by atoms with van der Waals surface area (Å²) in [5.74, 6) is 0.370. The fourth-order valence-corrected chi connectivity index (χ4v) is 5.24. The summed E-state index contributed by atoms with van der Waals surface area (Å²) in [5.41, 5.74) is 0.971. The molecule has 0 aliphatic heterocycles. The molecule has 4 rings (SSSR count). The van der Waals surface area contributed by atoms with E-state index in [0.29, 0.717) is 32.4 Å². The topological polar surface area (TPSA) is 82.5 Å². The summed E-state index contributed by atoms with van der Waals surface area (Å²) in [6.45, 7) is 1.82. The fraction of sp³-hybridized carbons (Fsp3) is 0.190. The normalized spacial score (nSPS) is 11.0. The van der Waals surface area contributed by atoms with E-state index in [2.05, 4.69) is 10.3 Å². The number of nitrogens with zero attached hydrogens (tertiary/aromatic N) is 2. The first-order valence-corrected chi connectivity index (χ1v) is 11.2. The van der Waals surface area contributed by atoms with E-state index in [1.807, 2.05) is 24.4 Å². The first kappa shape index (κ1) is 21.4. The highest BCUT2D eigenvalue weighted by Crippen LogP contribution is 2.36. The maximum Gasteiger partial charge on any atom is 0.263 e. The Balaban J connectivity index is 1.64. The number of carbonyl (C=O) groups is 1. The Morgan fingerprint density at radius 2 is 2.00 bits per heavy atom. The van der Waals surface area contributed by atoms with Gasteiger partial charge in [-0.3, -0.25) is 14.2 Å². The van der Waals surface area contributed by atoms with Crippen molar-refractivity contribution in [3.8, 4) is 21.9 Å². The number of hydrogen-bond acceptors (Lipinski definition) is 7. The molecule has 3 aromatic heterocycles. The number of nitrogens with one attached hydrogen (secondary N) is 1. The zero-order valence-electron chi connectivity index (χ0n) is 16.9. The minimum absolute atomic E-state index is 0.200. The summed E-state index contributed by atoms with van der Waals surface area (Å²) in [6, 6.07) is 7.13. The second kappa shape index (κ2) is 8.70. The van der Waals surface area contributed by atoms with E-state index in [1.165, 1.54) is 36.5 Å². The highest BCUT2D eigenvalue weighted by Gasteiger charge is 2.17. The SMILES string of the molecule is COc1cc(NC(=O)Cn2cnc3scc(-c4ccc(C)s4)c3c2=O)c(OC)cc1Cl. The van der Waals surface area contributed by atoms with Gasteiger partial charge in [0.25, 0.3) is 5.56 Å². The summed E-state index contributed by atoms with van der Waals surface area (Å²) >= 11 is 9.13. The number of ether oxygens (including phenoxy) is 2. The van der Waals surface area contributed by atoms with E-state index in [0.717, 1.165) is 15.3 Å². The Hall–Kier alpha value is -2.88. The van der Waals surface area contributed by atoms with Gasteiger partial charge in [-0.2, -0.15) is 0 Å². The van der Waals surface area contributed by atoms with E-state index in [1.54, 1.807) is 23.5 Å². The summed E-state index contributed by atoms with van der Waals surface area (Å²) in [5, 5.41) is 5.55. The van der Waals surface area contributed by atoms with Gasteiger partial charge in [0.05, 0.1) is 36.6 Å². The predicted molar refractivity (Wildman–Crippen MR) is 125 cm³/mol. The van der Waals surface area contributed by atoms with Gasteiger partial charge in [-0.05, 0) is 19.1 Å². The number of fused-ring (bicyclic) bond motifs is 1. The van der Waals surface area contributed by atoms with Crippen molar-refractivity contribution in [2.75, 3.05) is 19.5 Å². The van der Waals surface area contributed by atoms with Crippen LogP contribution in [0.5, 0.6) is 11.5 Å². The molecule has 160 valence electrons. The average Bonchev–Trinajstić information content (AvgIpc) is 3.37. The summed E-state index contributed by atoms with van der Waals surface area (Å²) < 4.78 is 11.8. The molecule has 0 bridgehead atoms. The quantitative estimate of drug-likeness (QED) is 0.433. The third kappa shape index (κ3) is 4.16. The zero-order chi connectivity index (χ0) is 22.1. The minimum atomic E-state index is -0.408. The number of amides is 1. The van der Waals surface area contributed by atoms with Gasteiger partial charge in [-0.1, -0.05) is 11.6 Å². The van der Waals surface area contributed by atoms with Crippen molar-refractivity contribution in [2.45, 2.75) is 13.5 Å². The highest BCUT2D eigenvalue weighted by atomic mass is 35.5. The molecule has 1 aromatic carbocycles. The maximum atomic E-state index is 13.1. The van der Waals surface area contributed by atoms with Crippen LogP contribution in [0, 0.1) is 6.92 Å². The smallest absolute Gasteiger partial charge is 0.263 e. The molecular formula is C21H18ClN3O4S2. The highest BCUT2D eigenvalue weighted by molar-refractivity contribution is 7.19. The van der Waals surface area contributed by atoms with Crippen LogP contribution in [0.3, 0.4) is 0 Å². The summed E-state index contributed by atoms with van der Waals surface area (Å²) in [4.78, 5) is 33.0. The van der Waals surface area contributed by atoms with Crippen LogP contribution in [0.2, 0.25) is 5.02 Å². The average molecular weight is 476 g/mol. The number of rotatable bonds is 6. The zero-order valence-corrected chi connectivity index (χ0v) is 19.3. The third-order valence-electron chi connectivity index (χ3n) is 4.63. The van der Waals surface area contributed by atoms with Crippen LogP contribution < -0.4 is 20.3 Å². The van der Waals surface area contributed by atoms with E-state index < -0.39 is 5.91 Å². The lowest BCUT2D eigenvalue weighted by atomic mass is 10.2. The Morgan fingerprint density at radius 3 is 2.68 bits per heavy atom. The van der Waals surface area contributed by atoms with Gasteiger partial charge in [0.2, 0.25) is 5.91 Å². The van der Waals surface area contributed by atoms with Gasteiger partial charge in [0.15, 0.2) is 0 Å². The predicted octanol–water partition coefficient (Wildman–Crippen LogP) is 4.80. The number of carbonyl (C=O) groups excluding carboxylic acids is 1. The van der Waals surface area contributed by atoms with Gasteiger partial charge in [0.1, 0.15) is 22.9 Å². The molecule has 0 unspecified atom stereocenters. The number of aryl methyl sites for hydroxylation is 1. The third-order valence-corrected chi connectivity index (χ3v) is 6.84. The van der Waals surface area contributed by atoms with Gasteiger partial charge in [-0.15, -0.1) is 22.7 Å². The molecule has 1 amide bonds. The van der Waals surface area contributed by atoms with Crippen LogP contribution in [0.1, 0.15) is 4.88 Å². The molecule has 0 fully saturated rings. The molecule has 1 N–H and O–H groups in total. The number of hydrogen-bond donors (Lipinski definition) is 1. The van der Waals surface area contributed by atoms with Gasteiger partial charge >= 0.3 is 0 Å². The number of thiophene rings is 2. The van der Waals surface area contributed by atoms with Gasteiger partial charge < -0.3 is 14.8 Å². The van der Waals surface area contributed by atoms with Crippen molar-refractivity contribution >= 4 is 56.1 Å². The van der Waals surface area contributed by atoms with Crippen molar-refractivity contribution in [1.82, 2.24) is 9.55 Å². The van der Waals surface area contributed by atoms with Gasteiger partial charge in [-0.25, -0.2) is 4.98 Å². The minimum Gasteiger partial charge on any atom is -0.495 e. The van der Waals surface area contributed by atoms with Gasteiger partial charge in [0, 0.05) is 32.8 Å². The lowest BCUT2D eigenvalue weighted by molar-refractivity contribution is -0.116. The molecular weight excluding hydrogens is 458 g/mol. The summed E-state index contributed by atoms with van der Waals surface area (Å²) in [7, 11) is 2.95. The van der Waals surface area contributed by atoms with Crippen molar-refractivity contribution in [3.05, 3.63) is 56.2 Å². The molecule has 3 heterocycles. The van der Waals surface area contributed by atoms with Crippen LogP contribution in [-0.2, 0) is 11.3 Å². The number of halogens is 1. The number of benzene rings is 1. The van der Waals surface area contributed by atoms with E-state index >= 15 is 0 Å². The van der Waals surface area contributed by atoms with Crippen molar-refractivity contribution in [1.29, 1.82) is 0 Å². The molecule has 0 saturated carbocycles. The Bertz CT molecular complexity index is 1340. The number of methoxy groups -OCH3 is 2. The molecule has 0 aliphatic carbocycles. The Morgan fingerprint density at radius 1 is 1.23 bits per heavy atom. The van der Waals surface area contributed by atoms with E-state index in [-0.39, 0.29) is 12.1 Å². The maximum absolute atomic E-state index is 13.1. The van der Waals surface area contributed by atoms with E-state index in [9.17, 15) is 9.59 Å². The van der Waals surface area contributed by atoms with Crippen LogP contribution >= 0.6 is 34.3 Å². The second-order valence-electron chi connectivity index (χ2n) is 6.65. The van der Waals surface area contributed by atoms with Crippen molar-refractivity contribution < 1.29 is 14.3 Å². The Labute approximate surface area is 190 Å². The summed E-state index contributed by atoms with van der Waals surface area (Å²) in [6.07, 6.45) is 1.39.